The first-order valence-electron chi connectivity index (χ1n) is 5.71. The van der Waals surface area contributed by atoms with Crippen molar-refractivity contribution in [2.24, 2.45) is 0 Å². The first-order valence-corrected chi connectivity index (χ1v) is 6.52. The van der Waals surface area contributed by atoms with Gasteiger partial charge in [0.15, 0.2) is 5.13 Å². The second kappa shape index (κ2) is 5.27. The number of aromatic hydroxyl groups is 1. The molecule has 1 heterocycles. The topological polar surface area (TPSA) is 54.4 Å². The fraction of sp³-hybridized carbons (Fsp3) is 0.308. The van der Waals surface area contributed by atoms with Crippen LogP contribution in [-0.4, -0.2) is 17.2 Å². The van der Waals surface area contributed by atoms with E-state index in [9.17, 15) is 5.11 Å². The van der Waals surface area contributed by atoms with Crippen LogP contribution >= 0.6 is 11.3 Å². The zero-order chi connectivity index (χ0) is 13.1. The van der Waals surface area contributed by atoms with E-state index in [1.807, 2.05) is 38.1 Å². The number of nitrogens with zero attached hydrogens (tertiary/aromatic N) is 1. The van der Waals surface area contributed by atoms with Crippen molar-refractivity contribution in [3.05, 3.63) is 29.1 Å². The minimum absolute atomic E-state index is 0.111. The maximum absolute atomic E-state index is 9.72. The van der Waals surface area contributed by atoms with E-state index in [1.165, 1.54) is 11.3 Å². The van der Waals surface area contributed by atoms with E-state index in [2.05, 4.69) is 10.3 Å². The highest BCUT2D eigenvalue weighted by Gasteiger charge is 2.13. The number of benzene rings is 1. The van der Waals surface area contributed by atoms with Crippen LogP contribution in [0.2, 0.25) is 0 Å². The maximum atomic E-state index is 9.72. The van der Waals surface area contributed by atoms with Gasteiger partial charge in [-0.3, -0.25) is 0 Å². The zero-order valence-electron chi connectivity index (χ0n) is 10.6. The van der Waals surface area contributed by atoms with Crippen molar-refractivity contribution in [1.82, 2.24) is 4.98 Å². The van der Waals surface area contributed by atoms with Crippen LogP contribution in [0.1, 0.15) is 24.6 Å². The molecule has 0 aliphatic carbocycles. The molecule has 2 rings (SSSR count). The molecule has 4 nitrogen and oxygen atoms in total. The molecule has 5 heteroatoms. The van der Waals surface area contributed by atoms with Crippen molar-refractivity contribution in [2.75, 3.05) is 12.4 Å². The fourth-order valence-electron chi connectivity index (χ4n) is 1.58. The van der Waals surface area contributed by atoms with Gasteiger partial charge in [0.25, 0.3) is 0 Å². The summed E-state index contributed by atoms with van der Waals surface area (Å²) in [7, 11) is 1.63. The number of nitrogens with one attached hydrogen (secondary N) is 1. The minimum Gasteiger partial charge on any atom is -0.497 e. The van der Waals surface area contributed by atoms with Gasteiger partial charge < -0.3 is 15.2 Å². The molecule has 0 amide bonds. The minimum atomic E-state index is 0.111. The van der Waals surface area contributed by atoms with Gasteiger partial charge >= 0.3 is 0 Å². The fourth-order valence-corrected chi connectivity index (χ4v) is 2.46. The molecule has 96 valence electrons. The Bertz CT molecular complexity index is 538. The predicted molar refractivity (Wildman–Crippen MR) is 74.1 cm³/mol. The molecule has 0 fully saturated rings. The highest BCUT2D eigenvalue weighted by molar-refractivity contribution is 7.16. The monoisotopic (exact) mass is 264 g/mol. The molecule has 0 unspecified atom stereocenters. The normalized spacial score (nSPS) is 10.7. The average Bonchev–Trinajstić information content (AvgIpc) is 2.70. The first-order chi connectivity index (χ1) is 8.60. The van der Waals surface area contributed by atoms with Crippen LogP contribution < -0.4 is 10.1 Å². The van der Waals surface area contributed by atoms with Crippen LogP contribution in [0.5, 0.6) is 11.6 Å². The van der Waals surface area contributed by atoms with E-state index in [1.54, 1.807) is 7.11 Å². The quantitative estimate of drug-likeness (QED) is 0.883. The second-order valence-electron chi connectivity index (χ2n) is 4.22. The summed E-state index contributed by atoms with van der Waals surface area (Å²) in [5.41, 5.74) is 0.887. The Morgan fingerprint density at radius 1 is 1.39 bits per heavy atom. The van der Waals surface area contributed by atoms with E-state index in [0.29, 0.717) is 5.13 Å². The molecule has 18 heavy (non-hydrogen) atoms. The Morgan fingerprint density at radius 3 is 2.78 bits per heavy atom. The summed E-state index contributed by atoms with van der Waals surface area (Å²) in [6, 6.07) is 7.59. The Kier molecular flexibility index (Phi) is 3.72. The lowest BCUT2D eigenvalue weighted by Gasteiger charge is -2.04. The molecule has 0 atom stereocenters. The molecule has 1 aromatic heterocycles. The third-order valence-electron chi connectivity index (χ3n) is 2.48. The van der Waals surface area contributed by atoms with Gasteiger partial charge in [0.1, 0.15) is 5.75 Å². The van der Waals surface area contributed by atoms with E-state index < -0.39 is 0 Å². The Balaban J connectivity index is 2.20. The van der Waals surface area contributed by atoms with Crippen LogP contribution in [0.3, 0.4) is 0 Å². The number of thiazole rings is 1. The SMILES string of the molecule is COc1cccc(Nc2nc(O)c(C(C)C)s2)c1. The van der Waals surface area contributed by atoms with Crippen molar-refractivity contribution >= 4 is 22.2 Å². The van der Waals surface area contributed by atoms with Crippen molar-refractivity contribution in [3.8, 4) is 11.6 Å². The number of rotatable bonds is 4. The zero-order valence-corrected chi connectivity index (χ0v) is 11.4. The lowest BCUT2D eigenvalue weighted by Crippen LogP contribution is -1.90. The number of hydrogen-bond donors (Lipinski definition) is 2. The molecule has 2 aromatic rings. The lowest BCUT2D eigenvalue weighted by atomic mass is 10.2. The lowest BCUT2D eigenvalue weighted by molar-refractivity contribution is 0.415. The summed E-state index contributed by atoms with van der Waals surface area (Å²) in [4.78, 5) is 4.99. The van der Waals surface area contributed by atoms with Gasteiger partial charge in [-0.2, -0.15) is 4.98 Å². The predicted octanol–water partition coefficient (Wildman–Crippen LogP) is 3.72. The summed E-state index contributed by atoms with van der Waals surface area (Å²) in [5.74, 6) is 1.16. The number of ether oxygens (including phenoxy) is 1. The van der Waals surface area contributed by atoms with Gasteiger partial charge in [0.05, 0.1) is 12.0 Å². The number of aromatic nitrogens is 1. The van der Waals surface area contributed by atoms with Crippen LogP contribution in [0.25, 0.3) is 0 Å². The molecular formula is C13H16N2O2S. The molecule has 0 radical (unpaired) electrons. The summed E-state index contributed by atoms with van der Waals surface area (Å²) in [6.07, 6.45) is 0. The van der Waals surface area contributed by atoms with Crippen molar-refractivity contribution in [3.63, 3.8) is 0 Å². The second-order valence-corrected chi connectivity index (χ2v) is 5.25. The smallest absolute Gasteiger partial charge is 0.227 e. The highest BCUT2D eigenvalue weighted by atomic mass is 32.1. The molecule has 0 bridgehead atoms. The largest absolute Gasteiger partial charge is 0.497 e. The van der Waals surface area contributed by atoms with Crippen LogP contribution in [0, 0.1) is 0 Å². The summed E-state index contributed by atoms with van der Waals surface area (Å²) >= 11 is 1.46. The molecule has 0 saturated carbocycles. The Labute approximate surface area is 110 Å². The number of anilines is 2. The molecule has 2 N–H and O–H groups in total. The standard InChI is InChI=1S/C13H16N2O2S/c1-8(2)11-12(16)15-13(18-11)14-9-5-4-6-10(7-9)17-3/h4-8,16H,1-3H3,(H,14,15). The molecule has 1 aromatic carbocycles. The van der Waals surface area contributed by atoms with Crippen LogP contribution in [0.4, 0.5) is 10.8 Å². The molecule has 0 saturated heterocycles. The Hall–Kier alpha value is -1.75. The Morgan fingerprint density at radius 2 is 2.17 bits per heavy atom. The van der Waals surface area contributed by atoms with Crippen molar-refractivity contribution in [1.29, 1.82) is 0 Å². The van der Waals surface area contributed by atoms with Gasteiger partial charge in [0.2, 0.25) is 5.88 Å². The molecular weight excluding hydrogens is 248 g/mol. The summed E-state index contributed by atoms with van der Waals surface area (Å²) < 4.78 is 5.15. The van der Waals surface area contributed by atoms with E-state index in [0.717, 1.165) is 16.3 Å². The van der Waals surface area contributed by atoms with E-state index in [-0.39, 0.29) is 11.8 Å². The molecule has 0 spiro atoms. The molecule has 0 aliphatic heterocycles. The average molecular weight is 264 g/mol. The third-order valence-corrected chi connectivity index (χ3v) is 3.74. The van der Waals surface area contributed by atoms with Crippen molar-refractivity contribution < 1.29 is 9.84 Å². The maximum Gasteiger partial charge on any atom is 0.227 e. The number of methoxy groups -OCH3 is 1. The van der Waals surface area contributed by atoms with Gasteiger partial charge in [-0.1, -0.05) is 31.3 Å². The van der Waals surface area contributed by atoms with Gasteiger partial charge in [-0.15, -0.1) is 0 Å². The van der Waals surface area contributed by atoms with E-state index >= 15 is 0 Å². The number of hydrogen-bond acceptors (Lipinski definition) is 5. The van der Waals surface area contributed by atoms with Crippen LogP contribution in [-0.2, 0) is 0 Å². The third kappa shape index (κ3) is 2.73. The van der Waals surface area contributed by atoms with Crippen LogP contribution in [0.15, 0.2) is 24.3 Å². The van der Waals surface area contributed by atoms with Gasteiger partial charge in [-0.25, -0.2) is 0 Å². The van der Waals surface area contributed by atoms with Crippen molar-refractivity contribution in [2.45, 2.75) is 19.8 Å². The van der Waals surface area contributed by atoms with Gasteiger partial charge in [-0.05, 0) is 18.1 Å². The van der Waals surface area contributed by atoms with E-state index in [4.69, 9.17) is 4.74 Å². The first kappa shape index (κ1) is 12.7. The molecule has 0 aliphatic rings. The summed E-state index contributed by atoms with van der Waals surface area (Å²) in [5, 5.41) is 13.6. The van der Waals surface area contributed by atoms with Gasteiger partial charge in [0, 0.05) is 11.8 Å². The summed E-state index contributed by atoms with van der Waals surface area (Å²) in [6.45, 7) is 4.06. The highest BCUT2D eigenvalue weighted by Crippen LogP contribution is 2.35.